The third-order valence-electron chi connectivity index (χ3n) is 7.05. The van der Waals surface area contributed by atoms with Gasteiger partial charge in [0.2, 0.25) is 11.5 Å². The topological polar surface area (TPSA) is 123 Å². The van der Waals surface area contributed by atoms with Crippen molar-refractivity contribution in [2.75, 3.05) is 42.2 Å². The van der Waals surface area contributed by atoms with Crippen molar-refractivity contribution in [3.8, 4) is 34.5 Å². The molecule has 0 spiro atoms. The average molecular weight is 624 g/mol. The van der Waals surface area contributed by atoms with E-state index in [1.807, 2.05) is 10.9 Å². The van der Waals surface area contributed by atoms with Gasteiger partial charge < -0.3 is 33.5 Å². The minimum absolute atomic E-state index is 0.191. The van der Waals surface area contributed by atoms with Gasteiger partial charge in [-0.1, -0.05) is 49.5 Å². The summed E-state index contributed by atoms with van der Waals surface area (Å²) in [5, 5.41) is 17.3. The zero-order valence-corrected chi connectivity index (χ0v) is 26.9. The number of allylic oxidation sites excluding steroid dienone is 2. The van der Waals surface area contributed by atoms with Crippen molar-refractivity contribution in [1.82, 2.24) is 15.0 Å². The number of benzene rings is 2. The van der Waals surface area contributed by atoms with Gasteiger partial charge in [0.1, 0.15) is 12.3 Å². The van der Waals surface area contributed by atoms with E-state index in [4.69, 9.17) is 33.5 Å². The van der Waals surface area contributed by atoms with E-state index < -0.39 is 0 Å². The molecule has 1 heterocycles. The van der Waals surface area contributed by atoms with Crippen LogP contribution in [0.2, 0.25) is 0 Å². The molecule has 1 aromatic heterocycles. The van der Waals surface area contributed by atoms with Crippen molar-refractivity contribution in [2.45, 2.75) is 58.1 Å². The molecule has 0 atom stereocenters. The highest BCUT2D eigenvalue weighted by Crippen LogP contribution is 2.40. The average Bonchev–Trinajstić information content (AvgIpc) is 3.53. The number of hydrogen-bond donors (Lipinski definition) is 1. The van der Waals surface area contributed by atoms with Crippen LogP contribution in [0, 0.1) is 0 Å². The molecule has 244 valence electrons. The minimum atomic E-state index is -0.219. The number of aliphatic hydroxyl groups is 1. The number of aromatic nitrogens is 3. The van der Waals surface area contributed by atoms with Gasteiger partial charge in [-0.25, -0.2) is 0 Å². The summed E-state index contributed by atoms with van der Waals surface area (Å²) in [5.41, 5.74) is 2.11. The van der Waals surface area contributed by atoms with Crippen molar-refractivity contribution in [1.29, 1.82) is 0 Å². The lowest BCUT2D eigenvalue weighted by Crippen LogP contribution is -2.01. The number of ether oxygens (including phenoxy) is 6. The molecule has 0 bridgehead atoms. The predicted octanol–water partition coefficient (Wildman–Crippen LogP) is 5.92. The second-order valence-electron chi connectivity index (χ2n) is 10.2. The summed E-state index contributed by atoms with van der Waals surface area (Å²) in [6.07, 6.45) is 15.8. The highest BCUT2D eigenvalue weighted by atomic mass is 16.5. The summed E-state index contributed by atoms with van der Waals surface area (Å²) in [6.45, 7) is 1.27. The van der Waals surface area contributed by atoms with Crippen LogP contribution >= 0.6 is 0 Å². The van der Waals surface area contributed by atoms with Crippen LogP contribution in [0.25, 0.3) is 12.2 Å². The molecule has 0 unspecified atom stereocenters. The molecule has 0 saturated carbocycles. The van der Waals surface area contributed by atoms with Gasteiger partial charge in [-0.15, -0.1) is 5.10 Å². The summed E-state index contributed by atoms with van der Waals surface area (Å²) in [5.74, 6) is 2.61. The number of nitrogens with zero attached hydrogens (tertiary/aromatic N) is 3. The molecule has 0 saturated heterocycles. The highest BCUT2D eigenvalue weighted by molar-refractivity contribution is 6.04. The van der Waals surface area contributed by atoms with Crippen LogP contribution in [0.5, 0.6) is 34.5 Å². The zero-order chi connectivity index (χ0) is 32.4. The normalized spacial score (nSPS) is 11.2. The van der Waals surface area contributed by atoms with E-state index in [-0.39, 0.29) is 19.0 Å². The smallest absolute Gasteiger partial charge is 0.203 e. The molecule has 45 heavy (non-hydrogen) atoms. The monoisotopic (exact) mass is 623 g/mol. The highest BCUT2D eigenvalue weighted by Gasteiger charge is 2.15. The molecule has 0 radical (unpaired) electrons. The number of aryl methyl sites for hydroxylation is 1. The summed E-state index contributed by atoms with van der Waals surface area (Å²) < 4.78 is 35.1. The van der Waals surface area contributed by atoms with Crippen LogP contribution < -0.4 is 28.4 Å². The summed E-state index contributed by atoms with van der Waals surface area (Å²) >= 11 is 0. The molecular weight excluding hydrogens is 578 g/mol. The number of ketones is 1. The Balaban J connectivity index is 1.59. The maximum atomic E-state index is 12.6. The maximum Gasteiger partial charge on any atom is 0.203 e. The number of hydrogen-bond acceptors (Lipinski definition) is 10. The minimum Gasteiger partial charge on any atom is -0.493 e. The van der Waals surface area contributed by atoms with Gasteiger partial charge in [-0.2, -0.15) is 0 Å². The van der Waals surface area contributed by atoms with Gasteiger partial charge >= 0.3 is 0 Å². The number of aliphatic hydroxyl groups excluding tert-OH is 1. The van der Waals surface area contributed by atoms with Crippen LogP contribution in [0.1, 0.15) is 61.8 Å². The van der Waals surface area contributed by atoms with Gasteiger partial charge in [-0.05, 0) is 60.4 Å². The summed E-state index contributed by atoms with van der Waals surface area (Å²) in [4.78, 5) is 12.6. The molecule has 0 aliphatic carbocycles. The Kier molecular flexibility index (Phi) is 14.8. The fourth-order valence-electron chi connectivity index (χ4n) is 4.68. The molecule has 3 aromatic rings. The maximum absolute atomic E-state index is 12.6. The molecule has 0 amide bonds. The van der Waals surface area contributed by atoms with Crippen molar-refractivity contribution < 1.29 is 38.3 Å². The Morgan fingerprint density at radius 2 is 1.20 bits per heavy atom. The molecule has 1 N–H and O–H groups in total. The van der Waals surface area contributed by atoms with Crippen LogP contribution in [-0.2, 0) is 17.9 Å². The first-order valence-electron chi connectivity index (χ1n) is 15.0. The zero-order valence-electron chi connectivity index (χ0n) is 26.9. The molecule has 11 heteroatoms. The molecule has 2 aromatic carbocycles. The first-order chi connectivity index (χ1) is 22.0. The quantitative estimate of drug-likeness (QED) is 0.113. The van der Waals surface area contributed by atoms with Crippen LogP contribution in [-0.4, -0.2) is 68.0 Å². The van der Waals surface area contributed by atoms with Gasteiger partial charge in [-0.3, -0.25) is 9.48 Å². The van der Waals surface area contributed by atoms with Gasteiger partial charge in [0.15, 0.2) is 28.8 Å². The van der Waals surface area contributed by atoms with Crippen molar-refractivity contribution >= 4 is 17.9 Å². The van der Waals surface area contributed by atoms with E-state index in [1.54, 1.807) is 50.6 Å². The second kappa shape index (κ2) is 19.0. The fraction of sp³-hybridized carbons (Fsp3) is 0.441. The number of carbonyl (C=O) groups is 1. The molecule has 0 aliphatic heterocycles. The van der Waals surface area contributed by atoms with E-state index in [0.29, 0.717) is 45.8 Å². The van der Waals surface area contributed by atoms with E-state index >= 15 is 0 Å². The SMILES string of the molecule is COc1cc(/C=C/C(=O)/C=C/c2cc(OC)c(OCc3cn(CCCCCCCCCO)nn3)c(OC)c2)cc(OC)c1OC. The van der Waals surface area contributed by atoms with E-state index in [9.17, 15) is 4.79 Å². The number of methoxy groups -OCH3 is 5. The third kappa shape index (κ3) is 10.9. The summed E-state index contributed by atoms with van der Waals surface area (Å²) in [7, 11) is 7.70. The lowest BCUT2D eigenvalue weighted by molar-refractivity contribution is -0.110. The van der Waals surface area contributed by atoms with Gasteiger partial charge in [0.05, 0.1) is 41.7 Å². The largest absolute Gasteiger partial charge is 0.493 e. The number of carbonyl (C=O) groups excluding carboxylic acids is 1. The Hall–Kier alpha value is -4.51. The van der Waals surface area contributed by atoms with Crippen LogP contribution in [0.4, 0.5) is 0 Å². The molecule has 11 nitrogen and oxygen atoms in total. The van der Waals surface area contributed by atoms with Gasteiger partial charge in [0.25, 0.3) is 0 Å². The van der Waals surface area contributed by atoms with Crippen molar-refractivity contribution in [2.24, 2.45) is 0 Å². The Morgan fingerprint density at radius 3 is 1.69 bits per heavy atom. The first kappa shape index (κ1) is 35.0. The lowest BCUT2D eigenvalue weighted by atomic mass is 10.1. The van der Waals surface area contributed by atoms with E-state index in [0.717, 1.165) is 37.8 Å². The Bertz CT molecular complexity index is 1370. The van der Waals surface area contributed by atoms with Crippen molar-refractivity contribution in [3.63, 3.8) is 0 Å². The summed E-state index contributed by atoms with van der Waals surface area (Å²) in [6, 6.07) is 7.06. The Labute approximate surface area is 265 Å². The lowest BCUT2D eigenvalue weighted by Gasteiger charge is -2.14. The Morgan fingerprint density at radius 1 is 0.711 bits per heavy atom. The molecule has 3 rings (SSSR count). The fourth-order valence-corrected chi connectivity index (χ4v) is 4.68. The number of unbranched alkanes of at least 4 members (excludes halogenated alkanes) is 6. The van der Waals surface area contributed by atoms with E-state index in [2.05, 4.69) is 10.3 Å². The standard InChI is InChI=1S/C34H45N3O8/c1-40-29-19-25(20-30(41-2)33(29)44-5)13-15-28(39)16-14-26-21-31(42-3)34(32(22-26)43-4)45-24-27-23-37(36-35-27)17-11-9-7-6-8-10-12-18-38/h13-16,19-23,38H,6-12,17-18,24H2,1-5H3/b15-13+,16-14+. The predicted molar refractivity (Wildman–Crippen MR) is 172 cm³/mol. The van der Waals surface area contributed by atoms with Crippen molar-refractivity contribution in [3.05, 3.63) is 59.4 Å². The third-order valence-corrected chi connectivity index (χ3v) is 7.05. The van der Waals surface area contributed by atoms with Crippen LogP contribution in [0.15, 0.2) is 42.6 Å². The second-order valence-corrected chi connectivity index (χ2v) is 10.2. The van der Waals surface area contributed by atoms with E-state index in [1.165, 1.54) is 52.7 Å². The van der Waals surface area contributed by atoms with Crippen LogP contribution in [0.3, 0.4) is 0 Å². The molecular formula is C34H45N3O8. The number of rotatable bonds is 21. The van der Waals surface area contributed by atoms with Gasteiger partial charge in [0, 0.05) is 13.2 Å². The first-order valence-corrected chi connectivity index (χ1v) is 15.0. The molecule has 0 fully saturated rings. The molecule has 0 aliphatic rings.